The summed E-state index contributed by atoms with van der Waals surface area (Å²) in [5.74, 6) is 1.00. The first kappa shape index (κ1) is 17.5. The van der Waals surface area contributed by atoms with Gasteiger partial charge >= 0.3 is 0 Å². The number of amides is 2. The molecule has 0 radical (unpaired) electrons. The summed E-state index contributed by atoms with van der Waals surface area (Å²) >= 11 is 0. The van der Waals surface area contributed by atoms with Gasteiger partial charge in [0.15, 0.2) is 6.61 Å². The topological polar surface area (TPSA) is 67.9 Å². The molecule has 1 N–H and O–H groups in total. The summed E-state index contributed by atoms with van der Waals surface area (Å²) in [6.45, 7) is 2.48. The number of nitrogens with zero attached hydrogens (tertiary/aromatic N) is 1. The van der Waals surface area contributed by atoms with Crippen LogP contribution in [0.4, 0.5) is 11.4 Å². The number of methoxy groups -OCH3 is 1. The Morgan fingerprint density at radius 2 is 2.15 bits per heavy atom. The van der Waals surface area contributed by atoms with Crippen molar-refractivity contribution in [3.8, 4) is 11.5 Å². The average molecular weight is 352 g/mol. The number of anilines is 2. The molecule has 0 spiro atoms. The van der Waals surface area contributed by atoms with Crippen molar-refractivity contribution < 1.29 is 19.1 Å². The Balaban J connectivity index is 1.72. The summed E-state index contributed by atoms with van der Waals surface area (Å²) in [4.78, 5) is 25.7. The molecule has 0 unspecified atom stereocenters. The Kier molecular flexibility index (Phi) is 5.22. The number of likely N-dealkylation sites (N-methyl/N-ethyl adjacent to an activating group) is 1. The van der Waals surface area contributed by atoms with Crippen LogP contribution in [0, 0.1) is 0 Å². The number of fused-ring (bicyclic) bond motifs is 1. The molecular weight excluding hydrogens is 332 g/mol. The van der Waals surface area contributed by atoms with E-state index in [4.69, 9.17) is 9.47 Å². The van der Waals surface area contributed by atoms with Crippen molar-refractivity contribution in [2.45, 2.75) is 6.92 Å². The van der Waals surface area contributed by atoms with E-state index in [-0.39, 0.29) is 18.4 Å². The van der Waals surface area contributed by atoms with E-state index >= 15 is 0 Å². The highest BCUT2D eigenvalue weighted by molar-refractivity contribution is 6.03. The van der Waals surface area contributed by atoms with E-state index in [1.807, 2.05) is 31.2 Å². The molecule has 3 rings (SSSR count). The van der Waals surface area contributed by atoms with Gasteiger partial charge in [-0.2, -0.15) is 0 Å². The maximum Gasteiger partial charge on any atom is 0.265 e. The molecule has 6 nitrogen and oxygen atoms in total. The number of nitrogens with one attached hydrogen (secondary N) is 1. The van der Waals surface area contributed by atoms with Gasteiger partial charge in [-0.25, -0.2) is 0 Å². The smallest absolute Gasteiger partial charge is 0.265 e. The largest absolute Gasteiger partial charge is 0.497 e. The first-order chi connectivity index (χ1) is 12.6. The number of rotatable bonds is 5. The minimum absolute atomic E-state index is 0.0375. The van der Waals surface area contributed by atoms with E-state index in [0.717, 1.165) is 11.3 Å². The van der Waals surface area contributed by atoms with Crippen LogP contribution in [0.2, 0.25) is 0 Å². The predicted molar refractivity (Wildman–Crippen MR) is 101 cm³/mol. The lowest BCUT2D eigenvalue weighted by Crippen LogP contribution is -2.38. The molecule has 0 aliphatic carbocycles. The molecule has 0 saturated heterocycles. The van der Waals surface area contributed by atoms with Gasteiger partial charge in [-0.3, -0.25) is 9.59 Å². The van der Waals surface area contributed by atoms with Gasteiger partial charge in [0.2, 0.25) is 5.91 Å². The van der Waals surface area contributed by atoms with Gasteiger partial charge in [-0.05, 0) is 48.9 Å². The van der Waals surface area contributed by atoms with Crippen LogP contribution in [-0.4, -0.2) is 32.1 Å². The first-order valence-corrected chi connectivity index (χ1v) is 8.31. The first-order valence-electron chi connectivity index (χ1n) is 8.31. The maximum absolute atomic E-state index is 12.2. The molecular formula is C20H20N2O4. The summed E-state index contributed by atoms with van der Waals surface area (Å²) in [6, 6.07) is 12.7. The number of hydrogen-bond donors (Lipinski definition) is 1. The fourth-order valence-corrected chi connectivity index (χ4v) is 2.73. The highest BCUT2D eigenvalue weighted by Crippen LogP contribution is 2.34. The second-order valence-corrected chi connectivity index (χ2v) is 5.71. The minimum atomic E-state index is -0.265. The monoisotopic (exact) mass is 352 g/mol. The average Bonchev–Trinajstić information content (AvgIpc) is 2.66. The molecule has 2 amide bonds. The number of ether oxygens (including phenoxy) is 2. The highest BCUT2D eigenvalue weighted by atomic mass is 16.5. The summed E-state index contributed by atoms with van der Waals surface area (Å²) in [7, 11) is 1.60. The van der Waals surface area contributed by atoms with Crippen molar-refractivity contribution in [2.75, 3.05) is 30.5 Å². The van der Waals surface area contributed by atoms with Crippen molar-refractivity contribution in [1.29, 1.82) is 0 Å². The quantitative estimate of drug-likeness (QED) is 0.840. The lowest BCUT2D eigenvalue weighted by molar-refractivity contribution is -0.121. The summed E-state index contributed by atoms with van der Waals surface area (Å²) in [6.07, 6.45) is 3.16. The molecule has 1 aliphatic rings. The molecule has 1 heterocycles. The molecule has 0 atom stereocenters. The van der Waals surface area contributed by atoms with Crippen LogP contribution in [0.5, 0.6) is 11.5 Å². The standard InChI is InChI=1S/C20H20N2O4/c1-3-22-17-12-15(8-9-18(17)26-13-20(22)24)21-19(23)10-7-14-5-4-6-16(11-14)25-2/h4-12H,3,13H2,1-2H3,(H,21,23)/b10-7+. The molecule has 1 aliphatic heterocycles. The molecule has 0 bridgehead atoms. The fourth-order valence-electron chi connectivity index (χ4n) is 2.73. The van der Waals surface area contributed by atoms with E-state index in [0.29, 0.717) is 23.7 Å². The third-order valence-electron chi connectivity index (χ3n) is 4.01. The van der Waals surface area contributed by atoms with E-state index in [9.17, 15) is 9.59 Å². The Hall–Kier alpha value is -3.28. The number of carbonyl (C=O) groups excluding carboxylic acids is 2. The SMILES string of the molecule is CCN1C(=O)COc2ccc(NC(=O)/C=C/c3cccc(OC)c3)cc21. The van der Waals surface area contributed by atoms with Gasteiger partial charge in [-0.15, -0.1) is 0 Å². The molecule has 26 heavy (non-hydrogen) atoms. The maximum atomic E-state index is 12.2. The van der Waals surface area contributed by atoms with Gasteiger partial charge in [0.25, 0.3) is 5.91 Å². The van der Waals surface area contributed by atoms with Crippen molar-refractivity contribution in [3.63, 3.8) is 0 Å². The molecule has 0 fully saturated rings. The zero-order chi connectivity index (χ0) is 18.5. The lowest BCUT2D eigenvalue weighted by atomic mass is 10.2. The Labute approximate surface area is 152 Å². The third kappa shape index (κ3) is 3.85. The van der Waals surface area contributed by atoms with E-state index in [1.54, 1.807) is 36.3 Å². The van der Waals surface area contributed by atoms with Crippen LogP contribution in [-0.2, 0) is 9.59 Å². The van der Waals surface area contributed by atoms with E-state index in [2.05, 4.69) is 5.32 Å². The number of carbonyl (C=O) groups is 2. The second-order valence-electron chi connectivity index (χ2n) is 5.71. The Bertz CT molecular complexity index is 861. The van der Waals surface area contributed by atoms with E-state index < -0.39 is 0 Å². The zero-order valence-electron chi connectivity index (χ0n) is 14.7. The summed E-state index contributed by atoms with van der Waals surface area (Å²) in [5.41, 5.74) is 2.13. The Morgan fingerprint density at radius 3 is 2.92 bits per heavy atom. The molecule has 2 aromatic rings. The Morgan fingerprint density at radius 1 is 1.31 bits per heavy atom. The van der Waals surface area contributed by atoms with Crippen LogP contribution in [0.25, 0.3) is 6.08 Å². The van der Waals surface area contributed by atoms with Crippen molar-refractivity contribution in [2.24, 2.45) is 0 Å². The summed E-state index contributed by atoms with van der Waals surface area (Å²) in [5, 5.41) is 2.80. The zero-order valence-corrected chi connectivity index (χ0v) is 14.7. The van der Waals surface area contributed by atoms with E-state index in [1.165, 1.54) is 6.08 Å². The molecule has 0 saturated carbocycles. The van der Waals surface area contributed by atoms with Gasteiger partial charge in [-0.1, -0.05) is 12.1 Å². The number of benzene rings is 2. The van der Waals surface area contributed by atoms with Gasteiger partial charge in [0.1, 0.15) is 11.5 Å². The van der Waals surface area contributed by atoms with Crippen LogP contribution >= 0.6 is 0 Å². The van der Waals surface area contributed by atoms with Gasteiger partial charge in [0, 0.05) is 18.3 Å². The normalized spacial score (nSPS) is 13.3. The molecule has 6 heteroatoms. The number of hydrogen-bond acceptors (Lipinski definition) is 4. The molecule has 2 aromatic carbocycles. The fraction of sp³-hybridized carbons (Fsp3) is 0.200. The third-order valence-corrected chi connectivity index (χ3v) is 4.01. The van der Waals surface area contributed by atoms with Gasteiger partial charge < -0.3 is 19.7 Å². The predicted octanol–water partition coefficient (Wildman–Crippen LogP) is 3.09. The van der Waals surface area contributed by atoms with Crippen molar-refractivity contribution in [3.05, 3.63) is 54.1 Å². The van der Waals surface area contributed by atoms with Crippen LogP contribution in [0.15, 0.2) is 48.5 Å². The highest BCUT2D eigenvalue weighted by Gasteiger charge is 2.24. The lowest BCUT2D eigenvalue weighted by Gasteiger charge is -2.28. The minimum Gasteiger partial charge on any atom is -0.497 e. The van der Waals surface area contributed by atoms with Crippen molar-refractivity contribution >= 4 is 29.3 Å². The van der Waals surface area contributed by atoms with Gasteiger partial charge in [0.05, 0.1) is 12.8 Å². The molecule has 134 valence electrons. The van der Waals surface area contributed by atoms with Crippen LogP contribution in [0.1, 0.15) is 12.5 Å². The van der Waals surface area contributed by atoms with Crippen LogP contribution < -0.4 is 19.7 Å². The van der Waals surface area contributed by atoms with Crippen LogP contribution in [0.3, 0.4) is 0 Å². The van der Waals surface area contributed by atoms with Crippen molar-refractivity contribution in [1.82, 2.24) is 0 Å². The summed E-state index contributed by atoms with van der Waals surface area (Å²) < 4.78 is 10.6. The molecule has 0 aromatic heterocycles. The second kappa shape index (κ2) is 7.74.